The molecule has 0 saturated carbocycles. The van der Waals surface area contributed by atoms with Gasteiger partial charge in [-0.25, -0.2) is 14.6 Å². The van der Waals surface area contributed by atoms with Gasteiger partial charge >= 0.3 is 0 Å². The monoisotopic (exact) mass is 363 g/mol. The van der Waals surface area contributed by atoms with Crippen LogP contribution < -0.4 is 0 Å². The summed E-state index contributed by atoms with van der Waals surface area (Å²) >= 11 is 5.42. The number of hydrogen-bond donors (Lipinski definition) is 1. The molecule has 2 aromatic heterocycles. The number of rotatable bonds is 6. The Kier molecular flexibility index (Phi) is 5.53. The van der Waals surface area contributed by atoms with Crippen LogP contribution >= 0.6 is 12.2 Å². The summed E-state index contributed by atoms with van der Waals surface area (Å²) in [5.41, 5.74) is 4.78. The maximum Gasteiger partial charge on any atom is 0.137 e. The number of H-pyrrole nitrogens is 1. The number of aromatic amines is 1. The van der Waals surface area contributed by atoms with Crippen molar-refractivity contribution in [1.29, 1.82) is 0 Å². The van der Waals surface area contributed by atoms with Crippen LogP contribution in [0.25, 0.3) is 11.0 Å². The molecule has 3 aromatic rings. The highest BCUT2D eigenvalue weighted by atomic mass is 32.1. The van der Waals surface area contributed by atoms with E-state index >= 15 is 0 Å². The highest BCUT2D eigenvalue weighted by molar-refractivity contribution is 7.71. The summed E-state index contributed by atoms with van der Waals surface area (Å²) in [5.74, 6) is 0. The molecule has 2 heterocycles. The Morgan fingerprint density at radius 3 is 2.92 bits per heavy atom. The van der Waals surface area contributed by atoms with Gasteiger partial charge in [0.05, 0.1) is 16.7 Å². The van der Waals surface area contributed by atoms with E-state index in [4.69, 9.17) is 12.2 Å². The lowest BCUT2D eigenvalue weighted by Crippen LogP contribution is -2.13. The molecule has 0 fully saturated rings. The molecule has 1 N–H and O–H groups in total. The zero-order chi connectivity index (χ0) is 18.5. The first kappa shape index (κ1) is 17.9. The van der Waals surface area contributed by atoms with Gasteiger partial charge in [-0.05, 0) is 36.6 Å². The zero-order valence-corrected chi connectivity index (χ0v) is 15.7. The lowest BCUT2D eigenvalue weighted by molar-refractivity contribution is 0.593. The number of hydrogen-bond acceptors (Lipinski definition) is 4. The first-order valence-electron chi connectivity index (χ1n) is 8.50. The predicted molar refractivity (Wildman–Crippen MR) is 108 cm³/mol. The molecule has 0 aliphatic heterocycles. The van der Waals surface area contributed by atoms with E-state index in [2.05, 4.69) is 45.7 Å². The summed E-state index contributed by atoms with van der Waals surface area (Å²) in [4.78, 5) is 12.1. The Morgan fingerprint density at radius 1 is 1.42 bits per heavy atom. The van der Waals surface area contributed by atoms with Crippen LogP contribution in [0.5, 0.6) is 0 Å². The standard InChI is InChI=1S/C20H21N5S/c1-4-7-8-14(5-2)19(25-13-21-12-22-25)15-9-10-17-18(11-15)24-20(26)16(6-3)23-17/h4-5,7-13,19H,2,6H2,1,3H3,(H,24,26)/b7-4-,14-8+. The molecule has 5 nitrogen and oxygen atoms in total. The molecule has 0 amide bonds. The quantitative estimate of drug-likeness (QED) is 0.508. The van der Waals surface area contributed by atoms with Crippen LogP contribution in [-0.2, 0) is 6.42 Å². The lowest BCUT2D eigenvalue weighted by Gasteiger charge is -2.19. The van der Waals surface area contributed by atoms with Crippen molar-refractivity contribution in [3.05, 3.63) is 83.2 Å². The molecular weight excluding hydrogens is 342 g/mol. The van der Waals surface area contributed by atoms with Crippen molar-refractivity contribution in [2.45, 2.75) is 26.3 Å². The average Bonchev–Trinajstić information content (AvgIpc) is 3.18. The van der Waals surface area contributed by atoms with Crippen molar-refractivity contribution >= 4 is 23.3 Å². The van der Waals surface area contributed by atoms with E-state index in [0.717, 1.165) is 34.3 Å². The maximum absolute atomic E-state index is 5.42. The number of nitrogens with zero attached hydrogens (tertiary/aromatic N) is 4. The number of aryl methyl sites for hydroxylation is 1. The molecule has 0 bridgehead atoms. The van der Waals surface area contributed by atoms with Gasteiger partial charge in [0.15, 0.2) is 0 Å². The van der Waals surface area contributed by atoms with Gasteiger partial charge in [-0.3, -0.25) is 0 Å². The van der Waals surface area contributed by atoms with Gasteiger partial charge in [0.1, 0.15) is 23.3 Å². The fourth-order valence-electron chi connectivity index (χ4n) is 2.88. The second kappa shape index (κ2) is 8.01. The van der Waals surface area contributed by atoms with Crippen molar-refractivity contribution in [1.82, 2.24) is 24.7 Å². The number of fused-ring (bicyclic) bond motifs is 1. The smallest absolute Gasteiger partial charge is 0.137 e. The third-order valence-corrected chi connectivity index (χ3v) is 4.51. The van der Waals surface area contributed by atoms with E-state index in [1.165, 1.54) is 6.33 Å². The van der Waals surface area contributed by atoms with Gasteiger partial charge in [-0.1, -0.05) is 56.1 Å². The van der Waals surface area contributed by atoms with Gasteiger partial charge in [-0.2, -0.15) is 5.10 Å². The minimum atomic E-state index is -0.136. The number of aromatic nitrogens is 5. The summed E-state index contributed by atoms with van der Waals surface area (Å²) in [6, 6.07) is 6.00. The highest BCUT2D eigenvalue weighted by Gasteiger charge is 2.18. The third-order valence-electron chi connectivity index (χ3n) is 4.17. The number of benzene rings is 1. The molecule has 1 unspecified atom stereocenters. The first-order chi connectivity index (χ1) is 12.7. The van der Waals surface area contributed by atoms with E-state index in [-0.39, 0.29) is 6.04 Å². The molecule has 0 saturated heterocycles. The fraction of sp³-hybridized carbons (Fsp3) is 0.200. The predicted octanol–water partition coefficient (Wildman–Crippen LogP) is 4.72. The number of nitrogens with one attached hydrogen (secondary N) is 1. The molecule has 3 rings (SSSR count). The molecule has 6 heteroatoms. The fourth-order valence-corrected chi connectivity index (χ4v) is 3.18. The minimum Gasteiger partial charge on any atom is -0.343 e. The van der Waals surface area contributed by atoms with Crippen molar-refractivity contribution in [2.24, 2.45) is 0 Å². The Hall–Kier alpha value is -2.86. The molecule has 1 atom stereocenters. The molecule has 132 valence electrons. The summed E-state index contributed by atoms with van der Waals surface area (Å²) in [7, 11) is 0. The molecule has 0 spiro atoms. The third kappa shape index (κ3) is 3.55. The van der Waals surface area contributed by atoms with Crippen LogP contribution in [-0.4, -0.2) is 24.7 Å². The first-order valence-corrected chi connectivity index (χ1v) is 8.91. The highest BCUT2D eigenvalue weighted by Crippen LogP contribution is 2.28. The van der Waals surface area contributed by atoms with Crippen molar-refractivity contribution in [2.75, 3.05) is 0 Å². The molecule has 0 aliphatic rings. The lowest BCUT2D eigenvalue weighted by atomic mass is 9.97. The van der Waals surface area contributed by atoms with Gasteiger partial charge in [0.25, 0.3) is 0 Å². The molecular formula is C20H21N5S. The van der Waals surface area contributed by atoms with Crippen LogP contribution in [0, 0.1) is 4.64 Å². The molecule has 0 radical (unpaired) electrons. The molecule has 26 heavy (non-hydrogen) atoms. The van der Waals surface area contributed by atoms with Crippen LogP contribution in [0.2, 0.25) is 0 Å². The minimum absolute atomic E-state index is 0.136. The van der Waals surface area contributed by atoms with Gasteiger partial charge in [0.2, 0.25) is 0 Å². The Balaban J connectivity index is 2.18. The Bertz CT molecular complexity index is 1030. The Labute approximate surface area is 157 Å². The normalized spacial score (nSPS) is 13.4. The zero-order valence-electron chi connectivity index (χ0n) is 14.9. The van der Waals surface area contributed by atoms with E-state index in [1.54, 1.807) is 6.33 Å². The van der Waals surface area contributed by atoms with E-state index in [9.17, 15) is 0 Å². The molecule has 1 aromatic carbocycles. The van der Waals surface area contributed by atoms with Gasteiger partial charge in [-0.15, -0.1) is 0 Å². The van der Waals surface area contributed by atoms with E-state index in [1.807, 2.05) is 42.0 Å². The van der Waals surface area contributed by atoms with Gasteiger partial charge in [0, 0.05) is 0 Å². The van der Waals surface area contributed by atoms with Crippen molar-refractivity contribution < 1.29 is 0 Å². The van der Waals surface area contributed by atoms with Crippen molar-refractivity contribution in [3.8, 4) is 0 Å². The summed E-state index contributed by atoms with van der Waals surface area (Å²) < 4.78 is 2.50. The second-order valence-corrected chi connectivity index (χ2v) is 6.23. The second-order valence-electron chi connectivity index (χ2n) is 5.82. The van der Waals surface area contributed by atoms with Crippen molar-refractivity contribution in [3.63, 3.8) is 0 Å². The van der Waals surface area contributed by atoms with Crippen LogP contribution in [0.15, 0.2) is 67.3 Å². The maximum atomic E-state index is 5.42. The van der Waals surface area contributed by atoms with E-state index < -0.39 is 0 Å². The van der Waals surface area contributed by atoms with E-state index in [0.29, 0.717) is 4.64 Å². The Morgan fingerprint density at radius 2 is 2.27 bits per heavy atom. The van der Waals surface area contributed by atoms with Crippen LogP contribution in [0.3, 0.4) is 0 Å². The van der Waals surface area contributed by atoms with Gasteiger partial charge < -0.3 is 4.98 Å². The summed E-state index contributed by atoms with van der Waals surface area (Å²) in [6.45, 7) is 8.00. The molecule has 0 aliphatic carbocycles. The summed E-state index contributed by atoms with van der Waals surface area (Å²) in [6.07, 6.45) is 11.9. The number of allylic oxidation sites excluding steroid dienone is 5. The largest absolute Gasteiger partial charge is 0.343 e. The van der Waals surface area contributed by atoms with Crippen LogP contribution in [0.4, 0.5) is 0 Å². The average molecular weight is 363 g/mol. The summed E-state index contributed by atoms with van der Waals surface area (Å²) in [5, 5.41) is 4.34. The topological polar surface area (TPSA) is 59.4 Å². The van der Waals surface area contributed by atoms with Crippen LogP contribution in [0.1, 0.15) is 31.1 Å². The SMILES string of the molecule is C=C/C(=C\C=C/C)C(c1ccc2nc(CC)c(=S)[nH]c2c1)n1cncn1.